The van der Waals surface area contributed by atoms with E-state index in [4.69, 9.17) is 0 Å². The molecule has 0 fully saturated rings. The summed E-state index contributed by atoms with van der Waals surface area (Å²) in [5.74, 6) is 0. The smallest absolute Gasteiger partial charge is 0.0416 e. The maximum Gasteiger partial charge on any atom is 0.0416 e. The van der Waals surface area contributed by atoms with E-state index in [1.807, 2.05) is 36.7 Å². The maximum absolute atomic E-state index is 4.16. The number of aryl methyl sites for hydroxylation is 1. The molecule has 1 N–H and O–H groups in total. The first-order valence-corrected chi connectivity index (χ1v) is 5.93. The van der Waals surface area contributed by atoms with Crippen molar-refractivity contribution in [1.82, 2.24) is 4.98 Å². The number of aromatic nitrogens is 1. The second-order valence-electron chi connectivity index (χ2n) is 3.73. The summed E-state index contributed by atoms with van der Waals surface area (Å²) in [5.41, 5.74) is 3.50. The van der Waals surface area contributed by atoms with Gasteiger partial charge >= 0.3 is 0 Å². The van der Waals surface area contributed by atoms with Gasteiger partial charge in [-0.2, -0.15) is 0 Å². The van der Waals surface area contributed by atoms with Crippen LogP contribution in [0.2, 0.25) is 0 Å². The number of pyridine rings is 1. The Labute approximate surface area is 104 Å². The van der Waals surface area contributed by atoms with E-state index in [2.05, 4.69) is 39.2 Å². The molecule has 0 unspecified atom stereocenters. The zero-order chi connectivity index (χ0) is 11.4. The molecule has 0 atom stereocenters. The second-order valence-corrected chi connectivity index (χ2v) is 4.65. The molecule has 0 aliphatic heterocycles. The van der Waals surface area contributed by atoms with Gasteiger partial charge in [-0.25, -0.2) is 0 Å². The summed E-state index contributed by atoms with van der Waals surface area (Å²) in [6.45, 7) is 2.85. The standard InChI is InChI=1S/C13H13BrN2/c1-10-6-11(8-15-7-10)9-16-13-4-2-12(14)3-5-13/h2-8,16H,9H2,1H3. The fourth-order valence-corrected chi connectivity index (χ4v) is 1.75. The highest BCUT2D eigenvalue weighted by Crippen LogP contribution is 2.15. The highest BCUT2D eigenvalue weighted by molar-refractivity contribution is 9.10. The lowest BCUT2D eigenvalue weighted by molar-refractivity contribution is 1.10. The van der Waals surface area contributed by atoms with Gasteiger partial charge in [0.05, 0.1) is 0 Å². The van der Waals surface area contributed by atoms with E-state index < -0.39 is 0 Å². The first-order chi connectivity index (χ1) is 7.74. The minimum Gasteiger partial charge on any atom is -0.381 e. The molecule has 0 spiro atoms. The van der Waals surface area contributed by atoms with Gasteiger partial charge in [-0.05, 0) is 42.3 Å². The molecule has 1 aromatic carbocycles. The lowest BCUT2D eigenvalue weighted by Crippen LogP contribution is -1.99. The van der Waals surface area contributed by atoms with Crippen molar-refractivity contribution in [3.8, 4) is 0 Å². The third kappa shape index (κ3) is 3.07. The van der Waals surface area contributed by atoms with Gasteiger partial charge in [0.1, 0.15) is 0 Å². The molecule has 0 bridgehead atoms. The summed E-state index contributed by atoms with van der Waals surface area (Å²) < 4.78 is 1.09. The minimum atomic E-state index is 0.802. The summed E-state index contributed by atoms with van der Waals surface area (Å²) in [4.78, 5) is 4.16. The molecule has 3 heteroatoms. The number of rotatable bonds is 3. The van der Waals surface area contributed by atoms with Crippen molar-refractivity contribution in [1.29, 1.82) is 0 Å². The van der Waals surface area contributed by atoms with Gasteiger partial charge in [0.15, 0.2) is 0 Å². The van der Waals surface area contributed by atoms with E-state index in [-0.39, 0.29) is 0 Å². The molecule has 0 aliphatic rings. The second kappa shape index (κ2) is 5.12. The van der Waals surface area contributed by atoms with Gasteiger partial charge in [-0.1, -0.05) is 22.0 Å². The summed E-state index contributed by atoms with van der Waals surface area (Å²) in [7, 11) is 0. The van der Waals surface area contributed by atoms with Crippen molar-refractivity contribution >= 4 is 21.6 Å². The van der Waals surface area contributed by atoms with Gasteiger partial charge in [0.2, 0.25) is 0 Å². The van der Waals surface area contributed by atoms with E-state index in [1.54, 1.807) is 0 Å². The van der Waals surface area contributed by atoms with Crippen molar-refractivity contribution in [2.24, 2.45) is 0 Å². The molecule has 0 saturated carbocycles. The largest absolute Gasteiger partial charge is 0.381 e. The minimum absolute atomic E-state index is 0.802. The third-order valence-corrected chi connectivity index (χ3v) is 2.80. The molecule has 0 aliphatic carbocycles. The van der Waals surface area contributed by atoms with E-state index in [0.29, 0.717) is 0 Å². The summed E-state index contributed by atoms with van der Waals surface area (Å²) in [5, 5.41) is 3.35. The predicted molar refractivity (Wildman–Crippen MR) is 70.4 cm³/mol. The van der Waals surface area contributed by atoms with Gasteiger partial charge in [0, 0.05) is 29.1 Å². The van der Waals surface area contributed by atoms with Crippen LogP contribution in [0.4, 0.5) is 5.69 Å². The molecule has 16 heavy (non-hydrogen) atoms. The van der Waals surface area contributed by atoms with Crippen LogP contribution in [0.25, 0.3) is 0 Å². The van der Waals surface area contributed by atoms with Crippen molar-refractivity contribution in [3.05, 3.63) is 58.3 Å². The van der Waals surface area contributed by atoms with Gasteiger partial charge < -0.3 is 5.32 Å². The van der Waals surface area contributed by atoms with Crippen LogP contribution in [0, 0.1) is 6.92 Å². The quantitative estimate of drug-likeness (QED) is 0.923. The Morgan fingerprint density at radius 3 is 2.62 bits per heavy atom. The van der Waals surface area contributed by atoms with Crippen LogP contribution in [0.5, 0.6) is 0 Å². The molecule has 2 aromatic rings. The molecule has 2 nitrogen and oxygen atoms in total. The number of benzene rings is 1. The van der Waals surface area contributed by atoms with Crippen LogP contribution in [-0.2, 0) is 6.54 Å². The Morgan fingerprint density at radius 2 is 1.94 bits per heavy atom. The summed E-state index contributed by atoms with van der Waals surface area (Å²) >= 11 is 3.41. The first kappa shape index (κ1) is 11.1. The molecule has 0 saturated heterocycles. The fraction of sp³-hybridized carbons (Fsp3) is 0.154. The van der Waals surface area contributed by atoms with E-state index >= 15 is 0 Å². The molecular weight excluding hydrogens is 264 g/mol. The van der Waals surface area contributed by atoms with Gasteiger partial charge in [-0.15, -0.1) is 0 Å². The van der Waals surface area contributed by atoms with Crippen molar-refractivity contribution in [2.75, 3.05) is 5.32 Å². The number of hydrogen-bond acceptors (Lipinski definition) is 2. The van der Waals surface area contributed by atoms with Crippen LogP contribution < -0.4 is 5.32 Å². The van der Waals surface area contributed by atoms with Crippen molar-refractivity contribution in [3.63, 3.8) is 0 Å². The average molecular weight is 277 g/mol. The van der Waals surface area contributed by atoms with Crippen LogP contribution >= 0.6 is 15.9 Å². The molecule has 82 valence electrons. The zero-order valence-corrected chi connectivity index (χ0v) is 10.7. The van der Waals surface area contributed by atoms with E-state index in [1.165, 1.54) is 11.1 Å². The predicted octanol–water partition coefficient (Wildman–Crippen LogP) is 3.76. The fourth-order valence-electron chi connectivity index (χ4n) is 1.49. The monoisotopic (exact) mass is 276 g/mol. The van der Waals surface area contributed by atoms with Crippen LogP contribution in [0.3, 0.4) is 0 Å². The number of anilines is 1. The Kier molecular flexibility index (Phi) is 3.57. The molecule has 1 heterocycles. The van der Waals surface area contributed by atoms with Crippen molar-refractivity contribution in [2.45, 2.75) is 13.5 Å². The summed E-state index contributed by atoms with van der Waals surface area (Å²) in [6.07, 6.45) is 3.75. The molecule has 1 aromatic heterocycles. The Hall–Kier alpha value is -1.35. The maximum atomic E-state index is 4.16. The molecule has 0 radical (unpaired) electrons. The number of nitrogens with one attached hydrogen (secondary N) is 1. The average Bonchev–Trinajstić information content (AvgIpc) is 2.28. The molecular formula is C13H13BrN2. The van der Waals surface area contributed by atoms with Gasteiger partial charge in [-0.3, -0.25) is 4.98 Å². The number of hydrogen-bond donors (Lipinski definition) is 1. The van der Waals surface area contributed by atoms with E-state index in [0.717, 1.165) is 16.7 Å². The highest BCUT2D eigenvalue weighted by Gasteiger charge is 1.95. The number of nitrogens with zero attached hydrogens (tertiary/aromatic N) is 1. The topological polar surface area (TPSA) is 24.9 Å². The number of halogens is 1. The lowest BCUT2D eigenvalue weighted by atomic mass is 10.2. The lowest BCUT2D eigenvalue weighted by Gasteiger charge is -2.06. The van der Waals surface area contributed by atoms with Crippen LogP contribution in [0.15, 0.2) is 47.2 Å². The Bertz CT molecular complexity index is 466. The molecule has 2 rings (SSSR count). The zero-order valence-electron chi connectivity index (χ0n) is 9.07. The van der Waals surface area contributed by atoms with Crippen molar-refractivity contribution < 1.29 is 0 Å². The Morgan fingerprint density at radius 1 is 1.19 bits per heavy atom. The van der Waals surface area contributed by atoms with Gasteiger partial charge in [0.25, 0.3) is 0 Å². The van der Waals surface area contributed by atoms with Crippen LogP contribution in [0.1, 0.15) is 11.1 Å². The highest BCUT2D eigenvalue weighted by atomic mass is 79.9. The first-order valence-electron chi connectivity index (χ1n) is 5.14. The SMILES string of the molecule is Cc1cncc(CNc2ccc(Br)cc2)c1. The summed E-state index contributed by atoms with van der Waals surface area (Å²) in [6, 6.07) is 10.3. The normalized spacial score (nSPS) is 10.1. The van der Waals surface area contributed by atoms with E-state index in [9.17, 15) is 0 Å². The third-order valence-electron chi connectivity index (χ3n) is 2.27. The molecule has 0 amide bonds. The Balaban J connectivity index is 1.99. The van der Waals surface area contributed by atoms with Crippen LogP contribution in [-0.4, -0.2) is 4.98 Å².